The Kier molecular flexibility index (Phi) is 4.49. The summed E-state index contributed by atoms with van der Waals surface area (Å²) in [7, 11) is 0. The number of imidazole rings is 1. The number of hydrogen-bond acceptors (Lipinski definition) is 4. The molecule has 0 bridgehead atoms. The number of amides is 1. The van der Waals surface area contributed by atoms with Gasteiger partial charge in [0.15, 0.2) is 0 Å². The molecule has 2 aromatic carbocycles. The van der Waals surface area contributed by atoms with E-state index in [0.717, 1.165) is 17.0 Å². The Morgan fingerprint density at radius 1 is 1.10 bits per heavy atom. The second kappa shape index (κ2) is 7.03. The summed E-state index contributed by atoms with van der Waals surface area (Å²) >= 11 is 0. The number of H-pyrrole nitrogens is 1. The molecule has 1 amide bonds. The molecule has 0 fully saturated rings. The highest BCUT2D eigenvalue weighted by atomic mass is 19.4. The molecule has 0 saturated carbocycles. The van der Waals surface area contributed by atoms with Gasteiger partial charge < -0.3 is 9.55 Å². The van der Waals surface area contributed by atoms with E-state index in [9.17, 15) is 27.6 Å². The van der Waals surface area contributed by atoms with Crippen LogP contribution >= 0.6 is 0 Å². The first-order valence-corrected chi connectivity index (χ1v) is 8.51. The van der Waals surface area contributed by atoms with Crippen LogP contribution in [-0.4, -0.2) is 25.1 Å². The zero-order valence-electron chi connectivity index (χ0n) is 15.0. The minimum absolute atomic E-state index is 0.124. The van der Waals surface area contributed by atoms with E-state index in [0.29, 0.717) is 10.7 Å². The largest absolute Gasteiger partial charge is 0.418 e. The molecule has 4 aromatic rings. The molecule has 0 saturated heterocycles. The smallest absolute Gasteiger partial charge is 0.316 e. The third kappa shape index (κ3) is 3.36. The van der Waals surface area contributed by atoms with Gasteiger partial charge in [-0.05, 0) is 24.3 Å². The molecule has 4 rings (SSSR count). The Morgan fingerprint density at radius 3 is 2.47 bits per heavy atom. The van der Waals surface area contributed by atoms with Gasteiger partial charge in [0, 0.05) is 18.0 Å². The lowest BCUT2D eigenvalue weighted by atomic mass is 10.1. The van der Waals surface area contributed by atoms with Gasteiger partial charge >= 0.3 is 17.3 Å². The molecule has 8 nitrogen and oxygen atoms in total. The predicted molar refractivity (Wildman–Crippen MR) is 101 cm³/mol. The lowest BCUT2D eigenvalue weighted by Crippen LogP contribution is -2.42. The Bertz CT molecular complexity index is 1360. The van der Waals surface area contributed by atoms with Gasteiger partial charge in [0.05, 0.1) is 28.6 Å². The maximum atomic E-state index is 13.6. The highest BCUT2D eigenvalue weighted by Gasteiger charge is 2.35. The monoisotopic (exact) mass is 415 g/mol. The molecular formula is C19H12F3N5O3. The normalized spacial score (nSPS) is 11.6. The number of aromatic amines is 1. The number of benzene rings is 2. The zero-order chi connectivity index (χ0) is 21.5. The van der Waals surface area contributed by atoms with E-state index in [1.807, 2.05) is 0 Å². The molecule has 30 heavy (non-hydrogen) atoms. The van der Waals surface area contributed by atoms with Crippen molar-refractivity contribution in [3.05, 3.63) is 93.0 Å². The molecule has 2 aromatic heterocycles. The molecule has 0 unspecified atom stereocenters. The summed E-state index contributed by atoms with van der Waals surface area (Å²) in [5, 5.41) is 0. The number of halogens is 3. The van der Waals surface area contributed by atoms with Crippen LogP contribution in [0.1, 0.15) is 15.9 Å². The van der Waals surface area contributed by atoms with E-state index < -0.39 is 28.8 Å². The Hall–Kier alpha value is -4.15. The quantitative estimate of drug-likeness (QED) is 0.501. The fraction of sp³-hybridized carbons (Fsp3) is 0.0526. The van der Waals surface area contributed by atoms with Gasteiger partial charge in [-0.15, -0.1) is 0 Å². The molecule has 0 aliphatic rings. The molecular weight excluding hydrogens is 403 g/mol. The van der Waals surface area contributed by atoms with Crippen molar-refractivity contribution in [2.24, 2.45) is 0 Å². The summed E-state index contributed by atoms with van der Waals surface area (Å²) in [5.74, 6) is -0.714. The van der Waals surface area contributed by atoms with Crippen LogP contribution in [0.25, 0.3) is 16.7 Å². The Labute approximate surface area is 165 Å². The SMILES string of the molecule is O=C(Nn1c(=O)c(=O)[nH]c2cc(C(F)(F)F)c(-n3ccnc3)cc21)c1ccccc1. The molecule has 0 spiro atoms. The van der Waals surface area contributed by atoms with Gasteiger partial charge in [-0.3, -0.25) is 19.8 Å². The van der Waals surface area contributed by atoms with E-state index in [4.69, 9.17) is 0 Å². The zero-order valence-corrected chi connectivity index (χ0v) is 15.0. The number of nitrogens with one attached hydrogen (secondary N) is 2. The minimum atomic E-state index is -4.75. The van der Waals surface area contributed by atoms with Gasteiger partial charge in [0.25, 0.3) is 5.91 Å². The van der Waals surface area contributed by atoms with Crippen molar-refractivity contribution in [2.75, 3.05) is 5.43 Å². The van der Waals surface area contributed by atoms with E-state index in [-0.39, 0.29) is 22.3 Å². The number of carbonyl (C=O) groups excluding carboxylic acids is 1. The number of fused-ring (bicyclic) bond motifs is 1. The van der Waals surface area contributed by atoms with Gasteiger partial charge in [-0.25, -0.2) is 9.66 Å². The Balaban J connectivity index is 1.97. The third-order valence-electron chi connectivity index (χ3n) is 4.34. The molecule has 0 aliphatic heterocycles. The van der Waals surface area contributed by atoms with Gasteiger partial charge in [0.2, 0.25) is 0 Å². The number of aromatic nitrogens is 4. The van der Waals surface area contributed by atoms with E-state index in [1.165, 1.54) is 24.5 Å². The van der Waals surface area contributed by atoms with Crippen LogP contribution in [0.5, 0.6) is 0 Å². The fourth-order valence-corrected chi connectivity index (χ4v) is 2.96. The summed E-state index contributed by atoms with van der Waals surface area (Å²) in [4.78, 5) is 42.8. The number of hydrogen-bond donors (Lipinski definition) is 2. The molecule has 11 heteroatoms. The van der Waals surface area contributed by atoms with Crippen LogP contribution in [0.15, 0.2) is 70.8 Å². The van der Waals surface area contributed by atoms with Crippen LogP contribution in [0, 0.1) is 0 Å². The highest BCUT2D eigenvalue weighted by molar-refractivity contribution is 6.00. The van der Waals surface area contributed by atoms with Crippen LogP contribution in [-0.2, 0) is 6.18 Å². The maximum absolute atomic E-state index is 13.6. The molecule has 152 valence electrons. The molecule has 2 N–H and O–H groups in total. The lowest BCUT2D eigenvalue weighted by Gasteiger charge is -2.17. The lowest BCUT2D eigenvalue weighted by molar-refractivity contribution is -0.137. The van der Waals surface area contributed by atoms with Crippen molar-refractivity contribution in [1.29, 1.82) is 0 Å². The van der Waals surface area contributed by atoms with Crippen molar-refractivity contribution in [3.63, 3.8) is 0 Å². The summed E-state index contributed by atoms with van der Waals surface area (Å²) in [6, 6.07) is 9.59. The van der Waals surface area contributed by atoms with Gasteiger partial charge in [-0.1, -0.05) is 18.2 Å². The number of rotatable bonds is 3. The van der Waals surface area contributed by atoms with E-state index in [1.54, 1.807) is 18.2 Å². The summed E-state index contributed by atoms with van der Waals surface area (Å²) in [5.41, 5.74) is -1.64. The van der Waals surface area contributed by atoms with Crippen molar-refractivity contribution >= 4 is 16.9 Å². The number of alkyl halides is 3. The van der Waals surface area contributed by atoms with Crippen molar-refractivity contribution < 1.29 is 18.0 Å². The maximum Gasteiger partial charge on any atom is 0.418 e. The fourth-order valence-electron chi connectivity index (χ4n) is 2.96. The van der Waals surface area contributed by atoms with Crippen LogP contribution in [0.2, 0.25) is 0 Å². The summed E-state index contributed by atoms with van der Waals surface area (Å²) in [6.07, 6.45) is -0.999. The topological polar surface area (TPSA) is 102 Å². The second-order valence-corrected chi connectivity index (χ2v) is 6.26. The van der Waals surface area contributed by atoms with Gasteiger partial charge in [0.1, 0.15) is 0 Å². The summed E-state index contributed by atoms with van der Waals surface area (Å²) in [6.45, 7) is 0. The van der Waals surface area contributed by atoms with Crippen LogP contribution in [0.3, 0.4) is 0 Å². The number of carbonyl (C=O) groups is 1. The van der Waals surface area contributed by atoms with Gasteiger partial charge in [-0.2, -0.15) is 13.2 Å². The molecule has 0 radical (unpaired) electrons. The van der Waals surface area contributed by atoms with Crippen molar-refractivity contribution in [1.82, 2.24) is 19.2 Å². The Morgan fingerprint density at radius 2 is 1.83 bits per heavy atom. The molecule has 0 aliphatic carbocycles. The molecule has 2 heterocycles. The standard InChI is InChI=1S/C19H12F3N5O3/c20-19(21,22)12-8-13-15(9-14(12)26-7-6-23-10-26)27(18(30)17(29)24-13)25-16(28)11-4-2-1-3-5-11/h1-10H,(H,24,29)(H,25,28). The predicted octanol–water partition coefficient (Wildman–Crippen LogP) is 2.28. The van der Waals surface area contributed by atoms with Crippen LogP contribution < -0.4 is 16.5 Å². The average Bonchev–Trinajstić information content (AvgIpc) is 3.25. The van der Waals surface area contributed by atoms with E-state index in [2.05, 4.69) is 15.4 Å². The average molecular weight is 415 g/mol. The highest BCUT2D eigenvalue weighted by Crippen LogP contribution is 2.35. The van der Waals surface area contributed by atoms with Crippen molar-refractivity contribution in [3.8, 4) is 5.69 Å². The number of nitrogens with zero attached hydrogens (tertiary/aromatic N) is 3. The van der Waals surface area contributed by atoms with Crippen molar-refractivity contribution in [2.45, 2.75) is 6.18 Å². The van der Waals surface area contributed by atoms with E-state index >= 15 is 0 Å². The first-order chi connectivity index (χ1) is 14.3. The first kappa shape index (κ1) is 19.2. The minimum Gasteiger partial charge on any atom is -0.316 e. The molecule has 0 atom stereocenters. The summed E-state index contributed by atoms with van der Waals surface area (Å²) < 4.78 is 42.6. The third-order valence-corrected chi connectivity index (χ3v) is 4.34. The van der Waals surface area contributed by atoms with Crippen LogP contribution in [0.4, 0.5) is 13.2 Å². The first-order valence-electron chi connectivity index (χ1n) is 8.51. The second-order valence-electron chi connectivity index (χ2n) is 6.26.